The van der Waals surface area contributed by atoms with Crippen molar-refractivity contribution in [3.05, 3.63) is 29.8 Å². The van der Waals surface area contributed by atoms with Crippen LogP contribution in [0.4, 0.5) is 5.69 Å². The van der Waals surface area contributed by atoms with Crippen LogP contribution in [0, 0.1) is 0 Å². The number of nitrogens with zero attached hydrogens (tertiary/aromatic N) is 1. The molecule has 0 aliphatic heterocycles. The van der Waals surface area contributed by atoms with Crippen LogP contribution >= 0.6 is 0 Å². The van der Waals surface area contributed by atoms with E-state index in [1.54, 1.807) is 18.2 Å². The van der Waals surface area contributed by atoms with Crippen LogP contribution in [0.3, 0.4) is 0 Å². The molecule has 0 saturated heterocycles. The van der Waals surface area contributed by atoms with Crippen LogP contribution in [0.5, 0.6) is 0 Å². The van der Waals surface area contributed by atoms with Crippen LogP contribution in [-0.4, -0.2) is 34.8 Å². The van der Waals surface area contributed by atoms with Crippen LogP contribution in [0.2, 0.25) is 0 Å². The molecule has 0 aliphatic carbocycles. The van der Waals surface area contributed by atoms with E-state index in [9.17, 15) is 12.6 Å². The van der Waals surface area contributed by atoms with Crippen LogP contribution in [0.1, 0.15) is 40.2 Å². The van der Waals surface area contributed by atoms with Crippen molar-refractivity contribution in [2.75, 3.05) is 11.8 Å². The minimum Gasteiger partial charge on any atom is -0.271 e. The van der Waals surface area contributed by atoms with Gasteiger partial charge in [-0.05, 0) is 52.3 Å². The quantitative estimate of drug-likeness (QED) is 0.861. The number of hydrogen-bond donors (Lipinski definition) is 1. The standard InChI is InChI=1S/C15H26N2O3S2/c1-12(2)17(6)22(19,20)16-14-9-7-8-13(10-14)11-21(18)15(3,4)5/h7-10,12,16H,11H2,1-6H3/t21-/m1/s1. The van der Waals surface area contributed by atoms with Crippen LogP contribution in [-0.2, 0) is 26.8 Å². The van der Waals surface area contributed by atoms with E-state index in [0.29, 0.717) is 11.4 Å². The number of nitrogens with one attached hydrogen (secondary N) is 1. The minimum absolute atomic E-state index is 0.130. The highest BCUT2D eigenvalue weighted by molar-refractivity contribution is 7.90. The van der Waals surface area contributed by atoms with Gasteiger partial charge in [-0.3, -0.25) is 8.93 Å². The van der Waals surface area contributed by atoms with E-state index in [4.69, 9.17) is 0 Å². The molecule has 1 rings (SSSR count). The van der Waals surface area contributed by atoms with Crippen molar-refractivity contribution in [2.45, 2.75) is 51.2 Å². The maximum absolute atomic E-state index is 12.2. The molecule has 0 heterocycles. The third kappa shape index (κ3) is 5.37. The molecule has 0 aromatic heterocycles. The first-order valence-corrected chi connectivity index (χ1v) is 9.92. The molecule has 1 atom stereocenters. The van der Waals surface area contributed by atoms with E-state index in [1.807, 2.05) is 40.7 Å². The minimum atomic E-state index is -3.58. The van der Waals surface area contributed by atoms with E-state index in [0.717, 1.165) is 5.56 Å². The Bertz CT molecular complexity index is 634. The summed E-state index contributed by atoms with van der Waals surface area (Å²) in [6, 6.07) is 6.91. The van der Waals surface area contributed by atoms with Gasteiger partial charge in [0, 0.05) is 34.4 Å². The lowest BCUT2D eigenvalue weighted by molar-refractivity contribution is 0.414. The molecule has 0 radical (unpaired) electrons. The summed E-state index contributed by atoms with van der Waals surface area (Å²) in [4.78, 5) is 0. The molecule has 0 aliphatic rings. The Morgan fingerprint density at radius 2 is 1.86 bits per heavy atom. The fourth-order valence-corrected chi connectivity index (χ4v) is 3.63. The Balaban J connectivity index is 2.92. The number of hydrogen-bond acceptors (Lipinski definition) is 3. The van der Waals surface area contributed by atoms with E-state index in [2.05, 4.69) is 4.72 Å². The lowest BCUT2D eigenvalue weighted by Gasteiger charge is -2.22. The molecular formula is C15H26N2O3S2. The van der Waals surface area contributed by atoms with Crippen LogP contribution in [0.25, 0.3) is 0 Å². The lowest BCUT2D eigenvalue weighted by atomic mass is 10.2. The lowest BCUT2D eigenvalue weighted by Crippen LogP contribution is -2.37. The highest BCUT2D eigenvalue weighted by Gasteiger charge is 2.21. The van der Waals surface area contributed by atoms with Gasteiger partial charge in [-0.15, -0.1) is 0 Å². The molecule has 0 unspecified atom stereocenters. The molecule has 5 nitrogen and oxygen atoms in total. The molecule has 0 bridgehead atoms. The summed E-state index contributed by atoms with van der Waals surface area (Å²) in [6.45, 7) is 9.39. The van der Waals surface area contributed by atoms with E-state index >= 15 is 0 Å². The molecule has 0 saturated carbocycles. The monoisotopic (exact) mass is 346 g/mol. The zero-order valence-corrected chi connectivity index (χ0v) is 15.7. The highest BCUT2D eigenvalue weighted by Crippen LogP contribution is 2.20. The SMILES string of the molecule is CC(C)N(C)S(=O)(=O)Nc1cccc(C[S@@](=O)C(C)(C)C)c1. The molecule has 0 fully saturated rings. The third-order valence-electron chi connectivity index (χ3n) is 3.26. The first-order valence-electron chi connectivity index (χ1n) is 7.16. The van der Waals surface area contributed by atoms with Crippen molar-refractivity contribution in [3.8, 4) is 0 Å². The molecule has 1 aromatic carbocycles. The largest absolute Gasteiger partial charge is 0.301 e. The summed E-state index contributed by atoms with van der Waals surface area (Å²) in [5.74, 6) is 0.402. The first-order chi connectivity index (χ1) is 9.93. The molecule has 0 spiro atoms. The summed E-state index contributed by atoms with van der Waals surface area (Å²) in [5, 5.41) is 0. The fraction of sp³-hybridized carbons (Fsp3) is 0.600. The molecule has 1 aromatic rings. The zero-order valence-electron chi connectivity index (χ0n) is 14.1. The predicted molar refractivity (Wildman–Crippen MR) is 93.5 cm³/mol. The molecular weight excluding hydrogens is 320 g/mol. The van der Waals surface area contributed by atoms with Gasteiger partial charge < -0.3 is 0 Å². The Labute approximate surface area is 136 Å². The second-order valence-electron chi connectivity index (χ2n) is 6.52. The first kappa shape index (κ1) is 19.1. The number of benzene rings is 1. The molecule has 7 heteroatoms. The van der Waals surface area contributed by atoms with Crippen molar-refractivity contribution < 1.29 is 12.6 Å². The number of rotatable bonds is 6. The van der Waals surface area contributed by atoms with Gasteiger partial charge in [0.15, 0.2) is 0 Å². The topological polar surface area (TPSA) is 66.5 Å². The second-order valence-corrected chi connectivity index (χ2v) is 10.5. The van der Waals surface area contributed by atoms with Gasteiger partial charge in [-0.1, -0.05) is 12.1 Å². The van der Waals surface area contributed by atoms with Gasteiger partial charge >= 0.3 is 10.2 Å². The van der Waals surface area contributed by atoms with Crippen molar-refractivity contribution in [1.29, 1.82) is 0 Å². The van der Waals surface area contributed by atoms with Crippen molar-refractivity contribution in [1.82, 2.24) is 4.31 Å². The van der Waals surface area contributed by atoms with Crippen molar-refractivity contribution in [3.63, 3.8) is 0 Å². The average Bonchev–Trinajstić information content (AvgIpc) is 2.36. The third-order valence-corrected chi connectivity index (χ3v) is 6.90. The van der Waals surface area contributed by atoms with Crippen LogP contribution in [0.15, 0.2) is 24.3 Å². The average molecular weight is 347 g/mol. The Hall–Kier alpha value is -0.920. The fourth-order valence-electron chi connectivity index (χ4n) is 1.59. The Morgan fingerprint density at radius 3 is 2.36 bits per heavy atom. The van der Waals surface area contributed by atoms with Gasteiger partial charge in [0.2, 0.25) is 0 Å². The second kappa shape index (κ2) is 7.10. The summed E-state index contributed by atoms with van der Waals surface area (Å²) < 4.78 is 40.1. The maximum Gasteiger partial charge on any atom is 0.301 e. The smallest absolute Gasteiger partial charge is 0.271 e. The van der Waals surface area contributed by atoms with Crippen molar-refractivity contribution >= 4 is 26.7 Å². The normalized spacial score (nSPS) is 14.4. The zero-order chi connectivity index (χ0) is 17.1. The molecule has 0 amide bonds. The summed E-state index contributed by atoms with van der Waals surface area (Å²) in [5.41, 5.74) is 1.33. The predicted octanol–water partition coefficient (Wildman–Crippen LogP) is 2.73. The van der Waals surface area contributed by atoms with Gasteiger partial charge in [-0.2, -0.15) is 12.7 Å². The Morgan fingerprint density at radius 1 is 1.27 bits per heavy atom. The van der Waals surface area contributed by atoms with Gasteiger partial charge in [0.05, 0.1) is 5.69 Å². The highest BCUT2D eigenvalue weighted by atomic mass is 32.2. The van der Waals surface area contributed by atoms with E-state index in [1.165, 1.54) is 11.4 Å². The van der Waals surface area contributed by atoms with Gasteiger partial charge in [-0.25, -0.2) is 0 Å². The van der Waals surface area contributed by atoms with Crippen LogP contribution < -0.4 is 4.72 Å². The summed E-state index contributed by atoms with van der Waals surface area (Å²) in [6.07, 6.45) is 0. The van der Waals surface area contributed by atoms with Crippen molar-refractivity contribution in [2.24, 2.45) is 0 Å². The molecule has 126 valence electrons. The molecule has 22 heavy (non-hydrogen) atoms. The van der Waals surface area contributed by atoms with Gasteiger partial charge in [0.1, 0.15) is 0 Å². The molecule has 1 N–H and O–H groups in total. The Kier molecular flexibility index (Phi) is 6.18. The van der Waals surface area contributed by atoms with Gasteiger partial charge in [0.25, 0.3) is 0 Å². The maximum atomic E-state index is 12.2. The summed E-state index contributed by atoms with van der Waals surface area (Å²) >= 11 is 0. The van der Waals surface area contributed by atoms with E-state index in [-0.39, 0.29) is 10.8 Å². The van der Waals surface area contributed by atoms with E-state index < -0.39 is 21.0 Å². The summed E-state index contributed by atoms with van der Waals surface area (Å²) in [7, 11) is -3.07. The number of anilines is 1.